The van der Waals surface area contributed by atoms with Crippen LogP contribution in [0.5, 0.6) is 5.75 Å². The number of benzene rings is 2. The highest BCUT2D eigenvalue weighted by Crippen LogP contribution is 2.33. The minimum atomic E-state index is -0.483. The van der Waals surface area contributed by atoms with Gasteiger partial charge in [-0.25, -0.2) is 14.4 Å². The Morgan fingerprint density at radius 2 is 2.07 bits per heavy atom. The first-order valence-corrected chi connectivity index (χ1v) is 8.92. The van der Waals surface area contributed by atoms with Gasteiger partial charge in [0, 0.05) is 24.2 Å². The minimum absolute atomic E-state index is 0.0266. The molecule has 1 aromatic heterocycles. The van der Waals surface area contributed by atoms with Gasteiger partial charge in [0.25, 0.3) is 0 Å². The van der Waals surface area contributed by atoms with Gasteiger partial charge >= 0.3 is 0 Å². The topological polar surface area (TPSA) is 71.1 Å². The predicted octanol–water partition coefficient (Wildman–Crippen LogP) is 4.48. The fourth-order valence-electron chi connectivity index (χ4n) is 2.45. The fourth-order valence-corrected chi connectivity index (χ4v) is 2.74. The fraction of sp³-hybridized carbons (Fsp3) is 0.167. The molecule has 3 rings (SSSR count). The summed E-state index contributed by atoms with van der Waals surface area (Å²) >= 11 is 11.0. The zero-order valence-electron chi connectivity index (χ0n) is 14.6. The molecule has 3 N–H and O–H groups in total. The van der Waals surface area contributed by atoms with Crippen LogP contribution in [0.2, 0.25) is 5.02 Å². The molecule has 0 unspecified atom stereocenters. The van der Waals surface area contributed by atoms with Crippen LogP contribution in [0.3, 0.4) is 0 Å². The molecule has 2 aromatic carbocycles. The number of aromatic nitrogens is 2. The summed E-state index contributed by atoms with van der Waals surface area (Å²) in [5, 5.41) is 10.3. The lowest BCUT2D eigenvalue weighted by atomic mass is 10.2. The molecule has 140 valence electrons. The second-order valence-corrected chi connectivity index (χ2v) is 6.29. The molecule has 0 saturated heterocycles. The molecule has 6 nitrogen and oxygen atoms in total. The van der Waals surface area contributed by atoms with Crippen molar-refractivity contribution in [3.05, 3.63) is 47.5 Å². The average molecular weight is 406 g/mol. The number of ether oxygens (including phenoxy) is 1. The van der Waals surface area contributed by atoms with Gasteiger partial charge < -0.3 is 20.7 Å². The molecule has 3 aromatic rings. The van der Waals surface area contributed by atoms with Gasteiger partial charge in [-0.05, 0) is 43.4 Å². The van der Waals surface area contributed by atoms with Crippen LogP contribution in [0.1, 0.15) is 6.92 Å². The van der Waals surface area contributed by atoms with E-state index in [1.807, 2.05) is 19.1 Å². The number of nitrogens with one attached hydrogen (secondary N) is 3. The SMILES string of the molecule is CCOc1cc2ncnc(Nc3ccc(F)c(Cl)c3)c2cc1NC(=S)NC. The maximum atomic E-state index is 13.4. The van der Waals surface area contributed by atoms with Gasteiger partial charge in [-0.1, -0.05) is 11.6 Å². The predicted molar refractivity (Wildman–Crippen MR) is 111 cm³/mol. The van der Waals surface area contributed by atoms with E-state index in [1.54, 1.807) is 13.1 Å². The number of hydrogen-bond acceptors (Lipinski definition) is 5. The Hall–Kier alpha value is -2.71. The minimum Gasteiger partial charge on any atom is -0.492 e. The largest absolute Gasteiger partial charge is 0.492 e. The summed E-state index contributed by atoms with van der Waals surface area (Å²) in [6, 6.07) is 8.02. The third kappa shape index (κ3) is 4.35. The number of fused-ring (bicyclic) bond motifs is 1. The van der Waals surface area contributed by atoms with Crippen molar-refractivity contribution in [1.82, 2.24) is 15.3 Å². The van der Waals surface area contributed by atoms with E-state index in [0.29, 0.717) is 40.2 Å². The van der Waals surface area contributed by atoms with Gasteiger partial charge in [0.2, 0.25) is 0 Å². The Morgan fingerprint density at radius 3 is 2.78 bits per heavy atom. The highest BCUT2D eigenvalue weighted by atomic mass is 35.5. The van der Waals surface area contributed by atoms with Crippen molar-refractivity contribution >= 4 is 57.0 Å². The zero-order valence-corrected chi connectivity index (χ0v) is 16.2. The Kier molecular flexibility index (Phi) is 5.88. The summed E-state index contributed by atoms with van der Waals surface area (Å²) in [4.78, 5) is 8.60. The van der Waals surface area contributed by atoms with Gasteiger partial charge in [-0.3, -0.25) is 0 Å². The normalized spacial score (nSPS) is 10.5. The van der Waals surface area contributed by atoms with Crippen molar-refractivity contribution < 1.29 is 9.13 Å². The maximum absolute atomic E-state index is 13.4. The van der Waals surface area contributed by atoms with Gasteiger partial charge in [0.05, 0.1) is 22.8 Å². The number of halogens is 2. The first-order chi connectivity index (χ1) is 13.0. The second-order valence-electron chi connectivity index (χ2n) is 5.48. The highest BCUT2D eigenvalue weighted by Gasteiger charge is 2.12. The Labute approximate surface area is 166 Å². The van der Waals surface area contributed by atoms with Crippen molar-refractivity contribution in [2.24, 2.45) is 0 Å². The molecule has 0 spiro atoms. The number of hydrogen-bond donors (Lipinski definition) is 3. The highest BCUT2D eigenvalue weighted by molar-refractivity contribution is 7.80. The molecular formula is C18H17ClFN5OS. The van der Waals surface area contributed by atoms with Crippen molar-refractivity contribution in [2.75, 3.05) is 24.3 Å². The van der Waals surface area contributed by atoms with E-state index < -0.39 is 5.82 Å². The summed E-state index contributed by atoms with van der Waals surface area (Å²) in [6.45, 7) is 2.40. The van der Waals surface area contributed by atoms with Crippen LogP contribution in [0.4, 0.5) is 21.6 Å². The molecule has 0 radical (unpaired) electrons. The third-order valence-electron chi connectivity index (χ3n) is 3.69. The molecule has 0 saturated carbocycles. The third-order valence-corrected chi connectivity index (χ3v) is 4.29. The Bertz CT molecular complexity index is 1000. The molecule has 0 bridgehead atoms. The van der Waals surface area contributed by atoms with Gasteiger partial charge in [-0.2, -0.15) is 0 Å². The van der Waals surface area contributed by atoms with Crippen LogP contribution in [-0.2, 0) is 0 Å². The molecule has 9 heteroatoms. The summed E-state index contributed by atoms with van der Waals surface area (Å²) in [5.41, 5.74) is 1.97. The van der Waals surface area contributed by atoms with Gasteiger partial charge in [0.15, 0.2) is 5.11 Å². The molecule has 0 fully saturated rings. The van der Waals surface area contributed by atoms with Crippen LogP contribution in [0.25, 0.3) is 10.9 Å². The van der Waals surface area contributed by atoms with Gasteiger partial charge in [-0.15, -0.1) is 0 Å². The first kappa shape index (κ1) is 19.1. The number of anilines is 3. The van der Waals surface area contributed by atoms with E-state index in [2.05, 4.69) is 25.9 Å². The maximum Gasteiger partial charge on any atom is 0.170 e. The second kappa shape index (κ2) is 8.32. The molecular weight excluding hydrogens is 389 g/mol. The summed E-state index contributed by atoms with van der Waals surface area (Å²) < 4.78 is 19.1. The van der Waals surface area contributed by atoms with Crippen LogP contribution >= 0.6 is 23.8 Å². The standard InChI is InChI=1S/C18H17ClFN5OS/c1-3-26-16-8-14-11(7-15(16)25-18(27)21-2)17(23-9-22-14)24-10-4-5-13(20)12(19)6-10/h4-9H,3H2,1-2H3,(H2,21,25,27)(H,22,23,24). The van der Waals surface area contributed by atoms with Crippen LogP contribution in [0.15, 0.2) is 36.7 Å². The Balaban J connectivity index is 2.06. The zero-order chi connectivity index (χ0) is 19.4. The number of thiocarbonyl (C=S) groups is 1. The van der Waals surface area contributed by atoms with Crippen molar-refractivity contribution in [1.29, 1.82) is 0 Å². The lowest BCUT2D eigenvalue weighted by molar-refractivity contribution is 0.342. The van der Waals surface area contributed by atoms with Crippen LogP contribution < -0.4 is 20.7 Å². The molecule has 0 amide bonds. The van der Waals surface area contributed by atoms with E-state index in [4.69, 9.17) is 28.6 Å². The lowest BCUT2D eigenvalue weighted by Gasteiger charge is -2.15. The number of rotatable bonds is 5. The van der Waals surface area contributed by atoms with Gasteiger partial charge in [0.1, 0.15) is 23.7 Å². The van der Waals surface area contributed by atoms with Crippen LogP contribution in [-0.4, -0.2) is 28.7 Å². The first-order valence-electron chi connectivity index (χ1n) is 8.14. The molecule has 0 atom stereocenters. The summed E-state index contributed by atoms with van der Waals surface area (Å²) in [7, 11) is 1.73. The Morgan fingerprint density at radius 1 is 1.26 bits per heavy atom. The smallest absolute Gasteiger partial charge is 0.170 e. The lowest BCUT2D eigenvalue weighted by Crippen LogP contribution is -2.24. The van der Waals surface area contributed by atoms with Crippen LogP contribution in [0, 0.1) is 5.82 Å². The molecule has 1 heterocycles. The van der Waals surface area contributed by atoms with E-state index in [9.17, 15) is 4.39 Å². The summed E-state index contributed by atoms with van der Waals surface area (Å²) in [6.07, 6.45) is 1.44. The van der Waals surface area contributed by atoms with E-state index >= 15 is 0 Å². The molecule has 0 aliphatic heterocycles. The monoisotopic (exact) mass is 405 g/mol. The van der Waals surface area contributed by atoms with E-state index in [0.717, 1.165) is 5.39 Å². The summed E-state index contributed by atoms with van der Waals surface area (Å²) in [5.74, 6) is 0.685. The van der Waals surface area contributed by atoms with Crippen molar-refractivity contribution in [3.8, 4) is 5.75 Å². The van der Waals surface area contributed by atoms with E-state index in [-0.39, 0.29) is 5.02 Å². The number of nitrogens with zero attached hydrogens (tertiary/aromatic N) is 2. The molecule has 27 heavy (non-hydrogen) atoms. The van der Waals surface area contributed by atoms with Crippen molar-refractivity contribution in [3.63, 3.8) is 0 Å². The average Bonchev–Trinajstić information content (AvgIpc) is 2.66. The molecule has 0 aliphatic carbocycles. The van der Waals surface area contributed by atoms with E-state index in [1.165, 1.54) is 18.5 Å². The molecule has 0 aliphatic rings. The quantitative estimate of drug-likeness (QED) is 0.540. The van der Waals surface area contributed by atoms with Crippen molar-refractivity contribution in [2.45, 2.75) is 6.92 Å².